The quantitative estimate of drug-likeness (QED) is 0.340. The van der Waals surface area contributed by atoms with Gasteiger partial charge in [-0.2, -0.15) is 10.4 Å². The van der Waals surface area contributed by atoms with Gasteiger partial charge in [-0.25, -0.2) is 0 Å². The molecular formula is C13H17N5S. The summed E-state index contributed by atoms with van der Waals surface area (Å²) in [7, 11) is 0. The molecule has 0 aliphatic heterocycles. The molecule has 6 heteroatoms. The number of anilines is 1. The van der Waals surface area contributed by atoms with Gasteiger partial charge >= 0.3 is 0 Å². The Bertz CT molecular complexity index is 537. The van der Waals surface area contributed by atoms with E-state index in [0.717, 1.165) is 10.6 Å². The number of thioether (sulfide) groups is 1. The lowest BCUT2D eigenvalue weighted by atomic mass is 10.3. The van der Waals surface area contributed by atoms with Crippen molar-refractivity contribution in [2.75, 3.05) is 5.43 Å². The van der Waals surface area contributed by atoms with Crippen LogP contribution < -0.4 is 11.2 Å². The maximum Gasteiger partial charge on any atom is 0.201 e. The fourth-order valence-corrected chi connectivity index (χ4v) is 2.27. The van der Waals surface area contributed by atoms with Crippen LogP contribution in [0.15, 0.2) is 34.3 Å². The summed E-state index contributed by atoms with van der Waals surface area (Å²) in [5, 5.41) is 19.8. The lowest BCUT2D eigenvalue weighted by molar-refractivity contribution is 0.803. The molecule has 1 aromatic rings. The van der Waals surface area contributed by atoms with Gasteiger partial charge in [-0.1, -0.05) is 32.9 Å². The monoisotopic (exact) mass is 275 g/mol. The Kier molecular flexibility index (Phi) is 4.95. The van der Waals surface area contributed by atoms with E-state index in [-0.39, 0.29) is 16.3 Å². The van der Waals surface area contributed by atoms with E-state index in [4.69, 9.17) is 16.4 Å². The van der Waals surface area contributed by atoms with Crippen molar-refractivity contribution < 1.29 is 0 Å². The van der Waals surface area contributed by atoms with Gasteiger partial charge in [0.05, 0.1) is 5.69 Å². The predicted molar refractivity (Wildman–Crippen MR) is 80.6 cm³/mol. The molecule has 0 aromatic heterocycles. The number of nitriles is 1. The molecule has 5 nitrogen and oxygen atoms in total. The maximum atomic E-state index is 8.78. The van der Waals surface area contributed by atoms with Gasteiger partial charge in [0.2, 0.25) is 5.71 Å². The van der Waals surface area contributed by atoms with Crippen LogP contribution in [0, 0.1) is 16.7 Å². The van der Waals surface area contributed by atoms with Crippen LogP contribution in [0.1, 0.15) is 20.8 Å². The number of nitrogens with zero attached hydrogens (tertiary/aromatic N) is 2. The Labute approximate surface area is 117 Å². The molecule has 0 heterocycles. The van der Waals surface area contributed by atoms with Gasteiger partial charge in [-0.05, 0) is 12.1 Å². The first-order valence-corrected chi connectivity index (χ1v) is 6.51. The molecule has 1 rings (SSSR count). The summed E-state index contributed by atoms with van der Waals surface area (Å²) >= 11 is 1.70. The third kappa shape index (κ3) is 5.02. The second-order valence-electron chi connectivity index (χ2n) is 4.81. The normalized spacial score (nSPS) is 11.8. The van der Waals surface area contributed by atoms with E-state index in [2.05, 4.69) is 31.3 Å². The highest BCUT2D eigenvalue weighted by atomic mass is 32.2. The van der Waals surface area contributed by atoms with Gasteiger partial charge in [0, 0.05) is 9.64 Å². The lowest BCUT2D eigenvalue weighted by Gasteiger charge is -2.19. The summed E-state index contributed by atoms with van der Waals surface area (Å²) in [4.78, 5) is 1.03. The summed E-state index contributed by atoms with van der Waals surface area (Å²) in [6.07, 6.45) is 0. The topological polar surface area (TPSA) is 98.0 Å². The number of amidine groups is 1. The van der Waals surface area contributed by atoms with E-state index < -0.39 is 0 Å². The van der Waals surface area contributed by atoms with E-state index in [9.17, 15) is 0 Å². The third-order valence-electron chi connectivity index (χ3n) is 1.95. The van der Waals surface area contributed by atoms with Crippen molar-refractivity contribution in [2.45, 2.75) is 30.4 Å². The van der Waals surface area contributed by atoms with Crippen LogP contribution in [0.25, 0.3) is 0 Å². The average Bonchev–Trinajstić information content (AvgIpc) is 2.29. The van der Waals surface area contributed by atoms with Gasteiger partial charge in [0.1, 0.15) is 6.07 Å². The minimum Gasteiger partial charge on any atom is -0.382 e. The van der Waals surface area contributed by atoms with Gasteiger partial charge in [0.15, 0.2) is 5.84 Å². The first kappa shape index (κ1) is 15.1. The number of nitrogens with one attached hydrogen (secondary N) is 2. The van der Waals surface area contributed by atoms with Crippen molar-refractivity contribution in [2.24, 2.45) is 10.8 Å². The number of hydrogen-bond donors (Lipinski definition) is 3. The molecule has 4 N–H and O–H groups in total. The SMILES string of the molecule is CC(C)(C)Sc1ccccc1N/N=C(\C#N)C(=N)N. The molecule has 0 atom stereocenters. The Morgan fingerprint density at radius 1 is 1.42 bits per heavy atom. The smallest absolute Gasteiger partial charge is 0.201 e. The maximum absolute atomic E-state index is 8.78. The number of hydrogen-bond acceptors (Lipinski definition) is 5. The van der Waals surface area contributed by atoms with E-state index in [0.29, 0.717) is 0 Å². The fourth-order valence-electron chi connectivity index (χ4n) is 1.24. The first-order chi connectivity index (χ1) is 8.83. The zero-order valence-corrected chi connectivity index (χ0v) is 12.0. The molecule has 0 unspecified atom stereocenters. The Balaban J connectivity index is 2.97. The molecule has 0 saturated heterocycles. The van der Waals surface area contributed by atoms with E-state index in [1.54, 1.807) is 17.8 Å². The van der Waals surface area contributed by atoms with Crippen molar-refractivity contribution in [3.05, 3.63) is 24.3 Å². The van der Waals surface area contributed by atoms with E-state index in [1.807, 2.05) is 24.3 Å². The van der Waals surface area contributed by atoms with Crippen LogP contribution in [0.3, 0.4) is 0 Å². The summed E-state index contributed by atoms with van der Waals surface area (Å²) in [5.41, 5.74) is 8.69. The Morgan fingerprint density at radius 2 is 2.05 bits per heavy atom. The van der Waals surface area contributed by atoms with Crippen LogP contribution in [-0.4, -0.2) is 16.3 Å². The van der Waals surface area contributed by atoms with Crippen molar-refractivity contribution >= 4 is 29.0 Å². The second-order valence-corrected chi connectivity index (χ2v) is 6.68. The molecule has 0 amide bonds. The van der Waals surface area contributed by atoms with Crippen molar-refractivity contribution in [3.63, 3.8) is 0 Å². The molecule has 1 aromatic carbocycles. The minimum absolute atomic E-state index is 0.0696. The highest BCUT2D eigenvalue weighted by Gasteiger charge is 2.14. The predicted octanol–water partition coefficient (Wildman–Crippen LogP) is 2.80. The van der Waals surface area contributed by atoms with E-state index in [1.165, 1.54) is 0 Å². The molecule has 0 fully saturated rings. The zero-order valence-electron chi connectivity index (χ0n) is 11.2. The van der Waals surface area contributed by atoms with Gasteiger partial charge < -0.3 is 5.73 Å². The number of rotatable bonds is 4. The lowest BCUT2D eigenvalue weighted by Crippen LogP contribution is -2.22. The molecule has 0 radical (unpaired) electrons. The van der Waals surface area contributed by atoms with Gasteiger partial charge in [0.25, 0.3) is 0 Å². The number of nitrogens with two attached hydrogens (primary N) is 1. The third-order valence-corrected chi connectivity index (χ3v) is 3.14. The summed E-state index contributed by atoms with van der Waals surface area (Å²) in [5.74, 6) is -0.351. The Hall–Kier alpha value is -2.00. The molecule has 0 spiro atoms. The van der Waals surface area contributed by atoms with E-state index >= 15 is 0 Å². The highest BCUT2D eigenvalue weighted by molar-refractivity contribution is 8.00. The van der Waals surface area contributed by atoms with Crippen LogP contribution in [0.4, 0.5) is 5.69 Å². The summed E-state index contributed by atoms with van der Waals surface area (Å²) in [6, 6.07) is 9.44. The summed E-state index contributed by atoms with van der Waals surface area (Å²) in [6.45, 7) is 6.36. The van der Waals surface area contributed by atoms with Crippen LogP contribution in [-0.2, 0) is 0 Å². The second kappa shape index (κ2) is 6.25. The average molecular weight is 275 g/mol. The largest absolute Gasteiger partial charge is 0.382 e. The van der Waals surface area contributed by atoms with Gasteiger partial charge in [-0.3, -0.25) is 10.8 Å². The van der Waals surface area contributed by atoms with Gasteiger partial charge in [-0.15, -0.1) is 11.8 Å². The molecule has 19 heavy (non-hydrogen) atoms. The zero-order chi connectivity index (χ0) is 14.5. The molecule has 0 aliphatic rings. The minimum atomic E-state index is -0.351. The number of para-hydroxylation sites is 1. The van der Waals surface area contributed by atoms with Crippen molar-refractivity contribution in [3.8, 4) is 6.07 Å². The van der Waals surface area contributed by atoms with Crippen molar-refractivity contribution in [1.82, 2.24) is 0 Å². The first-order valence-electron chi connectivity index (χ1n) is 5.70. The summed E-state index contributed by atoms with van der Waals surface area (Å²) < 4.78 is 0.0696. The molecule has 0 bridgehead atoms. The molecule has 0 aliphatic carbocycles. The molecule has 0 saturated carbocycles. The highest BCUT2D eigenvalue weighted by Crippen LogP contribution is 2.36. The fraction of sp³-hybridized carbons (Fsp3) is 0.308. The van der Waals surface area contributed by atoms with Crippen LogP contribution in [0.2, 0.25) is 0 Å². The number of benzene rings is 1. The van der Waals surface area contributed by atoms with Crippen LogP contribution in [0.5, 0.6) is 0 Å². The molecular weight excluding hydrogens is 258 g/mol. The standard InChI is InChI=1S/C13H17N5S/c1-13(2,3)19-11-7-5-4-6-9(11)17-18-10(8-14)12(15)16/h4-7,17H,1-3H3,(H3,15,16)/b18-10+. The Morgan fingerprint density at radius 3 is 2.58 bits per heavy atom. The number of hydrazone groups is 1. The van der Waals surface area contributed by atoms with Crippen molar-refractivity contribution in [1.29, 1.82) is 10.7 Å². The molecule has 100 valence electrons. The van der Waals surface area contributed by atoms with Crippen LogP contribution >= 0.6 is 11.8 Å².